The zero-order valence-corrected chi connectivity index (χ0v) is 16.9. The van der Waals surface area contributed by atoms with Gasteiger partial charge in [0.15, 0.2) is 10.8 Å². The van der Waals surface area contributed by atoms with E-state index < -0.39 is 0 Å². The summed E-state index contributed by atoms with van der Waals surface area (Å²) in [4.78, 5) is 17.2. The van der Waals surface area contributed by atoms with E-state index >= 15 is 0 Å². The maximum Gasteiger partial charge on any atom is 0.210 e. The van der Waals surface area contributed by atoms with Crippen LogP contribution >= 0.6 is 11.3 Å². The van der Waals surface area contributed by atoms with Crippen LogP contribution in [0.15, 0.2) is 46.1 Å². The quantitative estimate of drug-likeness (QED) is 0.518. The van der Waals surface area contributed by atoms with E-state index in [0.717, 1.165) is 40.6 Å². The summed E-state index contributed by atoms with van der Waals surface area (Å²) in [6.07, 6.45) is 5.71. The van der Waals surface area contributed by atoms with Gasteiger partial charge in [0.05, 0.1) is 11.4 Å². The van der Waals surface area contributed by atoms with Gasteiger partial charge in [0.2, 0.25) is 5.82 Å². The first-order valence-electron chi connectivity index (χ1n) is 8.78. The Morgan fingerprint density at radius 1 is 1.25 bits per heavy atom. The lowest BCUT2D eigenvalue weighted by atomic mass is 10.0. The first-order chi connectivity index (χ1) is 13.6. The molecule has 0 aliphatic carbocycles. The Morgan fingerprint density at radius 3 is 2.71 bits per heavy atom. The van der Waals surface area contributed by atoms with Crippen molar-refractivity contribution in [2.45, 2.75) is 26.2 Å². The molecule has 0 bridgehead atoms. The monoisotopic (exact) mass is 394 g/mol. The second-order valence-corrected chi connectivity index (χ2v) is 6.93. The smallest absolute Gasteiger partial charge is 0.210 e. The molecule has 3 aromatic heterocycles. The van der Waals surface area contributed by atoms with Crippen molar-refractivity contribution in [3.8, 4) is 10.8 Å². The second kappa shape index (κ2) is 8.66. The van der Waals surface area contributed by atoms with Gasteiger partial charge < -0.3 is 0 Å². The van der Waals surface area contributed by atoms with Crippen molar-refractivity contribution in [1.82, 2.24) is 29.5 Å². The van der Waals surface area contributed by atoms with Gasteiger partial charge >= 0.3 is 0 Å². The Balaban J connectivity index is 2.05. The molecule has 144 valence electrons. The third kappa shape index (κ3) is 3.89. The minimum Gasteiger partial charge on any atom is -0.268 e. The summed E-state index contributed by atoms with van der Waals surface area (Å²) in [5.74, 6) is 1.84. The van der Waals surface area contributed by atoms with E-state index in [2.05, 4.69) is 52.1 Å². The van der Waals surface area contributed by atoms with Gasteiger partial charge in [-0.25, -0.2) is 24.3 Å². The molecular weight excluding hydrogens is 372 g/mol. The van der Waals surface area contributed by atoms with Crippen molar-refractivity contribution in [3.63, 3.8) is 0 Å². The first kappa shape index (κ1) is 19.6. The van der Waals surface area contributed by atoms with Gasteiger partial charge in [-0.1, -0.05) is 19.9 Å². The van der Waals surface area contributed by atoms with Crippen molar-refractivity contribution in [2.24, 2.45) is 17.0 Å². The molecule has 0 saturated heterocycles. The molecule has 0 unspecified atom stereocenters. The van der Waals surface area contributed by atoms with Crippen molar-refractivity contribution in [2.75, 3.05) is 0 Å². The van der Waals surface area contributed by atoms with Gasteiger partial charge in [-0.2, -0.15) is 5.10 Å². The van der Waals surface area contributed by atoms with Gasteiger partial charge in [0.1, 0.15) is 5.82 Å². The van der Waals surface area contributed by atoms with Crippen LogP contribution in [0.3, 0.4) is 0 Å². The van der Waals surface area contributed by atoms with Crippen LogP contribution in [0, 0.1) is 0 Å². The molecule has 0 fully saturated rings. The molecule has 3 aromatic rings. The van der Waals surface area contributed by atoms with Gasteiger partial charge in [0.25, 0.3) is 0 Å². The molecule has 0 atom stereocenters. The molecule has 0 N–H and O–H groups in total. The summed E-state index contributed by atoms with van der Waals surface area (Å²) in [6.45, 7) is 13.3. The maximum atomic E-state index is 4.73. The van der Waals surface area contributed by atoms with E-state index in [1.165, 1.54) is 11.3 Å². The lowest BCUT2D eigenvalue weighted by Gasteiger charge is -2.12. The highest BCUT2D eigenvalue weighted by Crippen LogP contribution is 2.28. The molecule has 0 spiro atoms. The summed E-state index contributed by atoms with van der Waals surface area (Å²) in [5.41, 5.74) is 2.72. The number of hydrogen-bond donors (Lipinski definition) is 0. The molecule has 3 rings (SSSR count). The van der Waals surface area contributed by atoms with Crippen molar-refractivity contribution in [3.05, 3.63) is 47.6 Å². The summed E-state index contributed by atoms with van der Waals surface area (Å²) in [6, 6.07) is 1.91. The zero-order chi connectivity index (χ0) is 20.1. The van der Waals surface area contributed by atoms with Crippen LogP contribution in [0.4, 0.5) is 0 Å². The summed E-state index contributed by atoms with van der Waals surface area (Å²) in [5, 5.41) is 11.5. The molecule has 28 heavy (non-hydrogen) atoms. The summed E-state index contributed by atoms with van der Waals surface area (Å²) in [7, 11) is 1.88. The normalized spacial score (nSPS) is 11.9. The van der Waals surface area contributed by atoms with E-state index in [4.69, 9.17) is 4.98 Å². The molecule has 0 radical (unpaired) electrons. The average molecular weight is 395 g/mol. The largest absolute Gasteiger partial charge is 0.268 e. The highest BCUT2D eigenvalue weighted by molar-refractivity contribution is 7.12. The van der Waals surface area contributed by atoms with Crippen molar-refractivity contribution >= 4 is 36.2 Å². The van der Waals surface area contributed by atoms with Crippen LogP contribution in [0.5, 0.6) is 0 Å². The number of allylic oxidation sites excluding steroid dienone is 2. The molecule has 0 saturated carbocycles. The number of nitrogens with zero attached hydrogens (tertiary/aromatic N) is 8. The van der Waals surface area contributed by atoms with Crippen molar-refractivity contribution in [1.29, 1.82) is 0 Å². The predicted octanol–water partition coefficient (Wildman–Crippen LogP) is 3.72. The SMILES string of the molecule is C=NC(=C)n1nccc1C/C(N=C)=C(\CCC)c1nc(-c2nccs2)nn1C. The van der Waals surface area contributed by atoms with Crippen LogP contribution in [-0.2, 0) is 13.5 Å². The highest BCUT2D eigenvalue weighted by Gasteiger charge is 2.19. The fourth-order valence-electron chi connectivity index (χ4n) is 2.90. The molecule has 9 heteroatoms. The number of aryl methyl sites for hydroxylation is 1. The number of thiazole rings is 1. The minimum atomic E-state index is 0.463. The van der Waals surface area contributed by atoms with Crippen LogP contribution in [0.1, 0.15) is 31.3 Å². The van der Waals surface area contributed by atoms with E-state index in [0.29, 0.717) is 18.1 Å². The molecule has 0 amide bonds. The Bertz CT molecular complexity index is 1020. The molecule has 3 heterocycles. The number of aliphatic imine (C=N–C) groups is 2. The number of aromatic nitrogens is 6. The fraction of sp³-hybridized carbons (Fsp3) is 0.263. The predicted molar refractivity (Wildman–Crippen MR) is 114 cm³/mol. The van der Waals surface area contributed by atoms with Crippen LogP contribution in [-0.4, -0.2) is 43.0 Å². The van der Waals surface area contributed by atoms with Crippen LogP contribution in [0.2, 0.25) is 0 Å². The Kier molecular flexibility index (Phi) is 6.05. The number of hydrogen-bond acceptors (Lipinski definition) is 7. The van der Waals surface area contributed by atoms with Crippen LogP contribution in [0.25, 0.3) is 22.2 Å². The van der Waals surface area contributed by atoms with E-state index in [-0.39, 0.29) is 0 Å². The molecular formula is C19H22N8S. The Hall–Kier alpha value is -3.20. The second-order valence-electron chi connectivity index (χ2n) is 6.04. The maximum absolute atomic E-state index is 4.73. The van der Waals surface area contributed by atoms with Gasteiger partial charge in [-0.3, -0.25) is 4.99 Å². The molecule has 0 aliphatic heterocycles. The molecule has 0 aliphatic rings. The van der Waals surface area contributed by atoms with Crippen LogP contribution < -0.4 is 0 Å². The standard InChI is InChI=1S/C19H22N8S/c1-6-7-15(18-24-17(25-26(18)5)19-22-10-11-28-19)16(21-4)12-14-8-9-23-27(14)13(2)20-3/h8-11H,2-4,6-7,12H2,1,5H3/b16-15-. The Morgan fingerprint density at radius 2 is 2.07 bits per heavy atom. The third-order valence-corrected chi connectivity index (χ3v) is 4.96. The molecule has 0 aromatic carbocycles. The van der Waals surface area contributed by atoms with Gasteiger partial charge in [-0.15, -0.1) is 16.4 Å². The van der Waals surface area contributed by atoms with E-state index in [1.807, 2.05) is 18.5 Å². The average Bonchev–Trinajstić information content (AvgIpc) is 3.44. The minimum absolute atomic E-state index is 0.463. The summed E-state index contributed by atoms with van der Waals surface area (Å²) >= 11 is 1.51. The molecule has 8 nitrogen and oxygen atoms in total. The number of rotatable bonds is 9. The van der Waals surface area contributed by atoms with Gasteiger partial charge in [-0.05, 0) is 25.9 Å². The van der Waals surface area contributed by atoms with Gasteiger partial charge in [0, 0.05) is 36.8 Å². The lowest BCUT2D eigenvalue weighted by molar-refractivity contribution is 0.744. The first-order valence-corrected chi connectivity index (χ1v) is 9.65. The van der Waals surface area contributed by atoms with E-state index in [1.54, 1.807) is 21.8 Å². The lowest BCUT2D eigenvalue weighted by Crippen LogP contribution is -2.06. The fourth-order valence-corrected chi connectivity index (χ4v) is 3.46. The third-order valence-electron chi connectivity index (χ3n) is 4.19. The van der Waals surface area contributed by atoms with E-state index in [9.17, 15) is 0 Å². The highest BCUT2D eigenvalue weighted by atomic mass is 32.1. The zero-order valence-electron chi connectivity index (χ0n) is 16.0. The van der Waals surface area contributed by atoms with Crippen molar-refractivity contribution < 1.29 is 0 Å². The summed E-state index contributed by atoms with van der Waals surface area (Å²) < 4.78 is 3.42. The Labute approximate surface area is 167 Å². The topological polar surface area (TPSA) is 86.1 Å².